The minimum Gasteiger partial charge on any atom is -0.357 e. The van der Waals surface area contributed by atoms with Crippen molar-refractivity contribution in [3.8, 4) is 0 Å². The Bertz CT molecular complexity index is 250. The lowest BCUT2D eigenvalue weighted by atomic mass is 10.2. The average molecular weight is 238 g/mol. The Morgan fingerprint density at radius 3 is 2.94 bits per heavy atom. The highest BCUT2D eigenvalue weighted by atomic mass is 15.2. The second-order valence-corrected chi connectivity index (χ2v) is 4.31. The molecule has 1 rings (SSSR count). The molecule has 1 atom stereocenters. The summed E-state index contributed by atoms with van der Waals surface area (Å²) in [4.78, 5) is 7.15. The number of hydrogen-bond acceptors (Lipinski definition) is 2. The number of hydrogen-bond donors (Lipinski definition) is 2. The van der Waals surface area contributed by atoms with Crippen LogP contribution in [-0.2, 0) is 0 Å². The van der Waals surface area contributed by atoms with E-state index in [-0.39, 0.29) is 0 Å². The highest BCUT2D eigenvalue weighted by Crippen LogP contribution is 2.16. The summed E-state index contributed by atoms with van der Waals surface area (Å²) >= 11 is 0. The van der Waals surface area contributed by atoms with Gasteiger partial charge >= 0.3 is 0 Å². The molecule has 1 heterocycles. The summed E-state index contributed by atoms with van der Waals surface area (Å²) in [6.45, 7) is 12.9. The van der Waals surface area contributed by atoms with Gasteiger partial charge in [0.25, 0.3) is 0 Å². The molecule has 0 radical (unpaired) electrons. The highest BCUT2D eigenvalue weighted by Gasteiger charge is 2.22. The van der Waals surface area contributed by atoms with Crippen LogP contribution in [0.4, 0.5) is 0 Å². The van der Waals surface area contributed by atoms with E-state index in [0.717, 1.165) is 32.1 Å². The topological polar surface area (TPSA) is 39.7 Å². The first-order valence-electron chi connectivity index (χ1n) is 6.68. The molecular formula is C13H26N4. The van der Waals surface area contributed by atoms with Gasteiger partial charge in [-0.2, -0.15) is 0 Å². The van der Waals surface area contributed by atoms with Crippen LogP contribution in [0.5, 0.6) is 0 Å². The molecule has 17 heavy (non-hydrogen) atoms. The highest BCUT2D eigenvalue weighted by molar-refractivity contribution is 5.79. The van der Waals surface area contributed by atoms with Crippen LogP contribution in [0.3, 0.4) is 0 Å². The van der Waals surface area contributed by atoms with Crippen LogP contribution in [-0.4, -0.2) is 49.6 Å². The van der Waals surface area contributed by atoms with Gasteiger partial charge in [0.2, 0.25) is 0 Å². The van der Waals surface area contributed by atoms with E-state index in [2.05, 4.69) is 41.0 Å². The lowest BCUT2D eigenvalue weighted by molar-refractivity contribution is 0.273. The van der Waals surface area contributed by atoms with Crippen LogP contribution in [0.25, 0.3) is 0 Å². The van der Waals surface area contributed by atoms with Crippen molar-refractivity contribution in [1.29, 1.82) is 0 Å². The van der Waals surface area contributed by atoms with E-state index in [9.17, 15) is 0 Å². The van der Waals surface area contributed by atoms with Gasteiger partial charge in [0.05, 0.1) is 6.54 Å². The van der Waals surface area contributed by atoms with Crippen LogP contribution in [0.2, 0.25) is 0 Å². The maximum absolute atomic E-state index is 4.64. The number of guanidine groups is 1. The first kappa shape index (κ1) is 14.0. The fourth-order valence-corrected chi connectivity index (χ4v) is 2.23. The first-order valence-corrected chi connectivity index (χ1v) is 6.68. The number of aliphatic imine (C=N–C) groups is 1. The quantitative estimate of drug-likeness (QED) is 0.415. The predicted octanol–water partition coefficient (Wildman–Crippen LogP) is 1.21. The van der Waals surface area contributed by atoms with Gasteiger partial charge in [-0.15, -0.1) is 6.58 Å². The lowest BCUT2D eigenvalue weighted by Crippen LogP contribution is -2.39. The number of likely N-dealkylation sites (tertiary alicyclic amines) is 1. The van der Waals surface area contributed by atoms with Gasteiger partial charge in [-0.05, 0) is 32.9 Å². The van der Waals surface area contributed by atoms with Crippen molar-refractivity contribution in [2.24, 2.45) is 4.99 Å². The summed E-state index contributed by atoms with van der Waals surface area (Å²) in [6, 6.07) is 0.624. The number of nitrogens with zero attached hydrogens (tertiary/aromatic N) is 2. The Morgan fingerprint density at radius 1 is 1.47 bits per heavy atom. The zero-order valence-electron chi connectivity index (χ0n) is 11.2. The van der Waals surface area contributed by atoms with Crippen molar-refractivity contribution in [3.05, 3.63) is 12.7 Å². The van der Waals surface area contributed by atoms with Crippen LogP contribution in [0, 0.1) is 0 Å². The fraction of sp³-hybridized carbons (Fsp3) is 0.769. The van der Waals surface area contributed by atoms with E-state index < -0.39 is 0 Å². The van der Waals surface area contributed by atoms with Gasteiger partial charge in [-0.25, -0.2) is 0 Å². The van der Waals surface area contributed by atoms with E-state index in [0.29, 0.717) is 6.04 Å². The van der Waals surface area contributed by atoms with Crippen molar-refractivity contribution in [1.82, 2.24) is 15.5 Å². The van der Waals surface area contributed by atoms with Gasteiger partial charge in [-0.3, -0.25) is 9.89 Å². The normalized spacial score (nSPS) is 21.5. The monoisotopic (exact) mass is 238 g/mol. The largest absolute Gasteiger partial charge is 0.357 e. The molecule has 1 fully saturated rings. The summed E-state index contributed by atoms with van der Waals surface area (Å²) in [5.41, 5.74) is 0. The minimum atomic E-state index is 0.624. The van der Waals surface area contributed by atoms with Crippen LogP contribution in [0.15, 0.2) is 17.6 Å². The van der Waals surface area contributed by atoms with Gasteiger partial charge in [0.1, 0.15) is 0 Å². The SMILES string of the molecule is C=CCNC(=NCC1CCCN1CC)NCC. The summed E-state index contributed by atoms with van der Waals surface area (Å²) in [5, 5.41) is 6.48. The molecule has 0 aromatic carbocycles. The van der Waals surface area contributed by atoms with E-state index in [1.54, 1.807) is 0 Å². The molecular weight excluding hydrogens is 212 g/mol. The minimum absolute atomic E-state index is 0.624. The molecule has 98 valence electrons. The third-order valence-corrected chi connectivity index (χ3v) is 3.12. The molecule has 4 nitrogen and oxygen atoms in total. The summed E-state index contributed by atoms with van der Waals surface area (Å²) in [5.74, 6) is 0.898. The molecule has 0 spiro atoms. The van der Waals surface area contributed by atoms with Gasteiger partial charge in [0.15, 0.2) is 5.96 Å². The Balaban J connectivity index is 2.43. The first-order chi connectivity index (χ1) is 8.31. The Hall–Kier alpha value is -1.03. The van der Waals surface area contributed by atoms with Crippen molar-refractivity contribution >= 4 is 5.96 Å². The van der Waals surface area contributed by atoms with Crippen molar-refractivity contribution in [3.63, 3.8) is 0 Å². The van der Waals surface area contributed by atoms with Crippen LogP contribution < -0.4 is 10.6 Å². The number of likely N-dealkylation sites (N-methyl/N-ethyl adjacent to an activating group) is 1. The lowest BCUT2D eigenvalue weighted by Gasteiger charge is -2.21. The third-order valence-electron chi connectivity index (χ3n) is 3.12. The van der Waals surface area contributed by atoms with Crippen LogP contribution in [0.1, 0.15) is 26.7 Å². The number of rotatable bonds is 6. The third kappa shape index (κ3) is 4.77. The molecule has 1 unspecified atom stereocenters. The average Bonchev–Trinajstić information content (AvgIpc) is 2.80. The molecule has 0 aromatic rings. The van der Waals surface area contributed by atoms with Crippen molar-refractivity contribution in [2.75, 3.05) is 32.7 Å². The van der Waals surface area contributed by atoms with E-state index >= 15 is 0 Å². The standard InChI is InChI=1S/C13H26N4/c1-4-9-15-13(14-5-2)16-11-12-8-7-10-17(12)6-3/h4,12H,1,5-11H2,2-3H3,(H2,14,15,16). The zero-order valence-corrected chi connectivity index (χ0v) is 11.2. The maximum atomic E-state index is 4.64. The molecule has 2 N–H and O–H groups in total. The Labute approximate surface area is 105 Å². The second-order valence-electron chi connectivity index (χ2n) is 4.31. The smallest absolute Gasteiger partial charge is 0.191 e. The Kier molecular flexibility index (Phi) is 6.70. The van der Waals surface area contributed by atoms with Crippen molar-refractivity contribution in [2.45, 2.75) is 32.7 Å². The molecule has 1 aliphatic rings. The predicted molar refractivity (Wildman–Crippen MR) is 74.4 cm³/mol. The maximum Gasteiger partial charge on any atom is 0.191 e. The van der Waals surface area contributed by atoms with E-state index in [1.165, 1.54) is 19.4 Å². The second kappa shape index (κ2) is 8.12. The zero-order chi connectivity index (χ0) is 12.5. The fourth-order valence-electron chi connectivity index (χ4n) is 2.23. The van der Waals surface area contributed by atoms with Gasteiger partial charge in [0, 0.05) is 19.1 Å². The Morgan fingerprint density at radius 2 is 2.29 bits per heavy atom. The molecule has 1 aliphatic heterocycles. The van der Waals surface area contributed by atoms with E-state index in [1.807, 2.05) is 6.08 Å². The molecule has 4 heteroatoms. The molecule has 0 aromatic heterocycles. The summed E-state index contributed by atoms with van der Waals surface area (Å²) in [7, 11) is 0. The molecule has 0 bridgehead atoms. The van der Waals surface area contributed by atoms with E-state index in [4.69, 9.17) is 0 Å². The molecule has 0 aliphatic carbocycles. The molecule has 0 saturated carbocycles. The number of nitrogens with one attached hydrogen (secondary N) is 2. The molecule has 1 saturated heterocycles. The van der Waals surface area contributed by atoms with Crippen LogP contribution >= 0.6 is 0 Å². The van der Waals surface area contributed by atoms with Gasteiger partial charge < -0.3 is 10.6 Å². The van der Waals surface area contributed by atoms with Gasteiger partial charge in [-0.1, -0.05) is 13.0 Å². The molecule has 0 amide bonds. The summed E-state index contributed by atoms with van der Waals surface area (Å²) < 4.78 is 0. The van der Waals surface area contributed by atoms with Crippen molar-refractivity contribution < 1.29 is 0 Å². The summed E-state index contributed by atoms with van der Waals surface area (Å²) in [6.07, 6.45) is 4.43.